The minimum absolute atomic E-state index is 0.0213. The van der Waals surface area contributed by atoms with Gasteiger partial charge in [0.05, 0.1) is 5.56 Å². The van der Waals surface area contributed by atoms with Crippen LogP contribution in [-0.2, 0) is 6.42 Å². The number of hydrogen-bond donors (Lipinski definition) is 0. The standard InChI is InChI=1S/C28H23F5/c1-2-3-4-5-6-17-7-10-21(24(30)13-17)20-15-25(31)27(26(32)16-20)19-8-11-22-18(14-19)9-12-23(29)28(22)33/h7-16H,2-6H2,1H3. The van der Waals surface area contributed by atoms with E-state index in [1.807, 2.05) is 0 Å². The Morgan fingerprint density at radius 3 is 2.06 bits per heavy atom. The van der Waals surface area contributed by atoms with E-state index < -0.39 is 29.1 Å². The van der Waals surface area contributed by atoms with Crippen LogP contribution in [0.2, 0.25) is 0 Å². The van der Waals surface area contributed by atoms with Crippen LogP contribution in [0.5, 0.6) is 0 Å². The molecule has 4 aromatic carbocycles. The van der Waals surface area contributed by atoms with Crippen LogP contribution >= 0.6 is 0 Å². The van der Waals surface area contributed by atoms with Crippen molar-refractivity contribution < 1.29 is 22.0 Å². The molecule has 0 fully saturated rings. The highest BCUT2D eigenvalue weighted by molar-refractivity contribution is 5.88. The fourth-order valence-corrected chi connectivity index (χ4v) is 4.13. The van der Waals surface area contributed by atoms with Crippen molar-refractivity contribution in [3.05, 3.63) is 95.3 Å². The van der Waals surface area contributed by atoms with E-state index in [2.05, 4.69) is 6.92 Å². The lowest BCUT2D eigenvalue weighted by molar-refractivity contribution is 0.517. The Morgan fingerprint density at radius 1 is 0.606 bits per heavy atom. The summed E-state index contributed by atoms with van der Waals surface area (Å²) in [6.45, 7) is 2.12. The number of fused-ring (bicyclic) bond motifs is 1. The highest BCUT2D eigenvalue weighted by Crippen LogP contribution is 2.34. The first-order chi connectivity index (χ1) is 15.9. The van der Waals surface area contributed by atoms with Crippen molar-refractivity contribution in [3.63, 3.8) is 0 Å². The summed E-state index contributed by atoms with van der Waals surface area (Å²) < 4.78 is 72.1. The van der Waals surface area contributed by atoms with E-state index in [1.165, 1.54) is 30.3 Å². The Balaban J connectivity index is 1.65. The van der Waals surface area contributed by atoms with Gasteiger partial charge in [0, 0.05) is 10.9 Å². The lowest BCUT2D eigenvalue weighted by Crippen LogP contribution is -1.95. The van der Waals surface area contributed by atoms with E-state index >= 15 is 0 Å². The zero-order valence-corrected chi connectivity index (χ0v) is 18.2. The number of halogens is 5. The molecule has 0 amide bonds. The topological polar surface area (TPSA) is 0 Å². The predicted molar refractivity (Wildman–Crippen MR) is 122 cm³/mol. The number of hydrogen-bond acceptors (Lipinski definition) is 0. The smallest absolute Gasteiger partial charge is 0.166 e. The first-order valence-electron chi connectivity index (χ1n) is 11.0. The summed E-state index contributed by atoms with van der Waals surface area (Å²) in [5.41, 5.74) is 0.937. The van der Waals surface area contributed by atoms with Gasteiger partial charge >= 0.3 is 0 Å². The third-order valence-electron chi connectivity index (χ3n) is 5.90. The lowest BCUT2D eigenvalue weighted by atomic mass is 9.95. The summed E-state index contributed by atoms with van der Waals surface area (Å²) in [4.78, 5) is 0. The van der Waals surface area contributed by atoms with Crippen molar-refractivity contribution in [1.29, 1.82) is 0 Å². The Morgan fingerprint density at radius 2 is 1.36 bits per heavy atom. The van der Waals surface area contributed by atoms with Crippen LogP contribution in [0.15, 0.2) is 60.7 Å². The van der Waals surface area contributed by atoms with E-state index in [4.69, 9.17) is 0 Å². The second-order valence-corrected chi connectivity index (χ2v) is 8.24. The summed E-state index contributed by atoms with van der Waals surface area (Å²) >= 11 is 0. The lowest BCUT2D eigenvalue weighted by Gasteiger charge is -2.11. The van der Waals surface area contributed by atoms with Gasteiger partial charge in [-0.3, -0.25) is 0 Å². The Hall–Kier alpha value is -3.21. The van der Waals surface area contributed by atoms with Crippen molar-refractivity contribution >= 4 is 10.8 Å². The second-order valence-electron chi connectivity index (χ2n) is 8.24. The van der Waals surface area contributed by atoms with Gasteiger partial charge in [0.1, 0.15) is 17.5 Å². The summed E-state index contributed by atoms with van der Waals surface area (Å²) in [7, 11) is 0. The van der Waals surface area contributed by atoms with E-state index in [0.717, 1.165) is 55.9 Å². The van der Waals surface area contributed by atoms with E-state index in [1.54, 1.807) is 12.1 Å². The maximum absolute atomic E-state index is 15.0. The van der Waals surface area contributed by atoms with Crippen molar-refractivity contribution in [1.82, 2.24) is 0 Å². The molecule has 5 heteroatoms. The molecule has 0 aliphatic carbocycles. The highest BCUT2D eigenvalue weighted by atomic mass is 19.2. The molecule has 33 heavy (non-hydrogen) atoms. The minimum atomic E-state index is -1.01. The summed E-state index contributed by atoms with van der Waals surface area (Å²) in [5, 5.41) is 0.336. The van der Waals surface area contributed by atoms with Gasteiger partial charge in [-0.15, -0.1) is 0 Å². The van der Waals surface area contributed by atoms with Crippen LogP contribution in [0.25, 0.3) is 33.0 Å². The third kappa shape index (κ3) is 4.77. The number of aryl methyl sites for hydroxylation is 1. The fourth-order valence-electron chi connectivity index (χ4n) is 4.13. The molecule has 0 bridgehead atoms. The molecule has 170 valence electrons. The average Bonchev–Trinajstić information content (AvgIpc) is 2.79. The summed E-state index contributed by atoms with van der Waals surface area (Å²) in [6.07, 6.45) is 5.05. The molecule has 0 spiro atoms. The third-order valence-corrected chi connectivity index (χ3v) is 5.90. The Labute approximate surface area is 189 Å². The van der Waals surface area contributed by atoms with Crippen molar-refractivity contribution in [2.24, 2.45) is 0 Å². The highest BCUT2D eigenvalue weighted by Gasteiger charge is 2.17. The second kappa shape index (κ2) is 9.74. The van der Waals surface area contributed by atoms with Gasteiger partial charge < -0.3 is 0 Å². The number of rotatable bonds is 7. The van der Waals surface area contributed by atoms with E-state index in [9.17, 15) is 22.0 Å². The van der Waals surface area contributed by atoms with E-state index in [-0.39, 0.29) is 27.6 Å². The molecule has 0 aliphatic rings. The molecule has 0 aliphatic heterocycles. The molecule has 0 atom stereocenters. The van der Waals surface area contributed by atoms with E-state index in [0.29, 0.717) is 5.39 Å². The van der Waals surface area contributed by atoms with Gasteiger partial charge in [-0.05, 0) is 65.3 Å². The first-order valence-corrected chi connectivity index (χ1v) is 11.0. The van der Waals surface area contributed by atoms with Crippen LogP contribution in [0, 0.1) is 29.1 Å². The molecule has 0 saturated heterocycles. The van der Waals surface area contributed by atoms with Crippen molar-refractivity contribution in [3.8, 4) is 22.3 Å². The molecule has 4 aromatic rings. The van der Waals surface area contributed by atoms with Crippen LogP contribution in [0.3, 0.4) is 0 Å². The maximum atomic E-state index is 15.0. The quantitative estimate of drug-likeness (QED) is 0.193. The van der Waals surface area contributed by atoms with Gasteiger partial charge in [-0.25, -0.2) is 22.0 Å². The zero-order valence-electron chi connectivity index (χ0n) is 18.2. The molecule has 0 N–H and O–H groups in total. The Bertz CT molecular complexity index is 1290. The van der Waals surface area contributed by atoms with Gasteiger partial charge in [-0.1, -0.05) is 56.5 Å². The minimum Gasteiger partial charge on any atom is -0.206 e. The number of unbranched alkanes of at least 4 members (excludes halogenated alkanes) is 3. The molecule has 4 rings (SSSR count). The molecule has 0 saturated carbocycles. The average molecular weight is 454 g/mol. The van der Waals surface area contributed by atoms with Crippen LogP contribution < -0.4 is 0 Å². The van der Waals surface area contributed by atoms with Gasteiger partial charge in [0.25, 0.3) is 0 Å². The molecular weight excluding hydrogens is 431 g/mol. The van der Waals surface area contributed by atoms with Crippen LogP contribution in [-0.4, -0.2) is 0 Å². The molecule has 0 nitrogen and oxygen atoms in total. The molecule has 0 aromatic heterocycles. The summed E-state index contributed by atoms with van der Waals surface area (Å²) in [6, 6.07) is 13.3. The Kier molecular flexibility index (Phi) is 6.77. The van der Waals surface area contributed by atoms with Gasteiger partial charge in [0.15, 0.2) is 11.6 Å². The zero-order chi connectivity index (χ0) is 23.5. The van der Waals surface area contributed by atoms with Crippen molar-refractivity contribution in [2.45, 2.75) is 39.0 Å². The monoisotopic (exact) mass is 454 g/mol. The van der Waals surface area contributed by atoms with Gasteiger partial charge in [0.2, 0.25) is 0 Å². The molecular formula is C28H23F5. The SMILES string of the molecule is CCCCCCc1ccc(-c2cc(F)c(-c3ccc4c(F)c(F)ccc4c3)c(F)c2)c(F)c1. The predicted octanol–water partition coefficient (Wildman–Crippen LogP) is 8.99. The van der Waals surface area contributed by atoms with Crippen LogP contribution in [0.4, 0.5) is 22.0 Å². The molecule has 0 heterocycles. The van der Waals surface area contributed by atoms with Crippen LogP contribution in [0.1, 0.15) is 38.2 Å². The fraction of sp³-hybridized carbons (Fsp3) is 0.214. The number of benzene rings is 4. The summed E-state index contributed by atoms with van der Waals surface area (Å²) in [5.74, 6) is -4.27. The largest absolute Gasteiger partial charge is 0.206 e. The van der Waals surface area contributed by atoms with Gasteiger partial charge in [-0.2, -0.15) is 0 Å². The maximum Gasteiger partial charge on any atom is 0.166 e. The van der Waals surface area contributed by atoms with Crippen molar-refractivity contribution in [2.75, 3.05) is 0 Å². The molecule has 0 unspecified atom stereocenters. The first kappa shape index (κ1) is 23.0. The normalized spacial score (nSPS) is 11.3. The molecule has 0 radical (unpaired) electrons.